The minimum absolute atomic E-state index is 1.08. The number of fused-ring (bicyclic) bond motifs is 5. The van der Waals surface area contributed by atoms with E-state index in [-0.39, 0.29) is 0 Å². The molecule has 1 heterocycles. The van der Waals surface area contributed by atoms with Gasteiger partial charge in [0.05, 0.1) is 5.52 Å². The zero-order chi connectivity index (χ0) is 42.4. The number of hydrogen-bond donors (Lipinski definition) is 1. The molecule has 2 heteroatoms. The maximum Gasteiger partial charge on any atom is 0.0544 e. The van der Waals surface area contributed by atoms with Crippen LogP contribution in [0.4, 0.5) is 17.1 Å². The summed E-state index contributed by atoms with van der Waals surface area (Å²) in [5, 5.41) is 7.33. The van der Waals surface area contributed by atoms with Gasteiger partial charge in [-0.25, -0.2) is 0 Å². The highest BCUT2D eigenvalue weighted by atomic mass is 15.1. The van der Waals surface area contributed by atoms with Gasteiger partial charge in [0.2, 0.25) is 0 Å². The van der Waals surface area contributed by atoms with Crippen LogP contribution in [0.2, 0.25) is 0 Å². The number of para-hydroxylation sites is 3. The molecule has 12 rings (SSSR count). The summed E-state index contributed by atoms with van der Waals surface area (Å²) >= 11 is 0. The van der Waals surface area contributed by atoms with Crippen molar-refractivity contribution in [2.45, 2.75) is 0 Å². The standard InChI is InChI=1S/C62H42N2/c1-4-19-42(20-5-1)48-25-10-12-28-52(48)60-54-30-14-15-31-55(54)61(53-29-13-11-26-49(53)43-21-6-2-7-22-43)58-41-47(39-40-56(58)60)64(45-23-8-3-9-24-45)46-37-35-44(36-38-46)50-32-18-33-57-51-27-16-17-34-59(51)63-62(50)57/h1-41,63H. The molecule has 12 aromatic rings. The fraction of sp³-hybridized carbons (Fsp3) is 0. The van der Waals surface area contributed by atoms with E-state index >= 15 is 0 Å². The highest BCUT2D eigenvalue weighted by Gasteiger charge is 2.23. The largest absolute Gasteiger partial charge is 0.354 e. The van der Waals surface area contributed by atoms with Crippen molar-refractivity contribution in [1.29, 1.82) is 0 Å². The third-order valence-electron chi connectivity index (χ3n) is 12.8. The lowest BCUT2D eigenvalue weighted by molar-refractivity contribution is 1.29. The van der Waals surface area contributed by atoms with E-state index in [4.69, 9.17) is 0 Å². The van der Waals surface area contributed by atoms with Crippen molar-refractivity contribution >= 4 is 60.4 Å². The number of aromatic nitrogens is 1. The smallest absolute Gasteiger partial charge is 0.0544 e. The van der Waals surface area contributed by atoms with Gasteiger partial charge in [-0.1, -0.05) is 206 Å². The summed E-state index contributed by atoms with van der Waals surface area (Å²) < 4.78 is 0. The molecule has 0 aliphatic heterocycles. The Morgan fingerprint density at radius 1 is 0.250 bits per heavy atom. The monoisotopic (exact) mass is 814 g/mol. The van der Waals surface area contributed by atoms with E-state index in [0.29, 0.717) is 0 Å². The zero-order valence-corrected chi connectivity index (χ0v) is 35.1. The van der Waals surface area contributed by atoms with Gasteiger partial charge < -0.3 is 9.88 Å². The van der Waals surface area contributed by atoms with Crippen molar-refractivity contribution in [3.63, 3.8) is 0 Å². The number of rotatable bonds is 8. The molecule has 1 N–H and O–H groups in total. The van der Waals surface area contributed by atoms with Crippen molar-refractivity contribution in [3.8, 4) is 55.6 Å². The van der Waals surface area contributed by atoms with E-state index < -0.39 is 0 Å². The van der Waals surface area contributed by atoms with Crippen LogP contribution < -0.4 is 4.90 Å². The predicted molar refractivity (Wildman–Crippen MR) is 273 cm³/mol. The Labute approximate surface area is 373 Å². The third-order valence-corrected chi connectivity index (χ3v) is 12.8. The van der Waals surface area contributed by atoms with Gasteiger partial charge in [-0.2, -0.15) is 0 Å². The van der Waals surface area contributed by atoms with E-state index in [9.17, 15) is 0 Å². The molecule has 0 spiro atoms. The van der Waals surface area contributed by atoms with Gasteiger partial charge in [0, 0.05) is 38.9 Å². The van der Waals surface area contributed by atoms with Crippen LogP contribution >= 0.6 is 0 Å². The number of aromatic amines is 1. The summed E-state index contributed by atoms with van der Waals surface area (Å²) in [5.41, 5.74) is 17.6. The van der Waals surface area contributed by atoms with Crippen molar-refractivity contribution in [1.82, 2.24) is 4.98 Å². The molecule has 2 nitrogen and oxygen atoms in total. The summed E-state index contributed by atoms with van der Waals surface area (Å²) in [4.78, 5) is 6.11. The first-order valence-corrected chi connectivity index (χ1v) is 22.0. The van der Waals surface area contributed by atoms with Crippen LogP contribution in [0.5, 0.6) is 0 Å². The van der Waals surface area contributed by atoms with Crippen LogP contribution in [0.3, 0.4) is 0 Å². The summed E-state index contributed by atoms with van der Waals surface area (Å²) in [7, 11) is 0. The maximum absolute atomic E-state index is 3.72. The first-order chi connectivity index (χ1) is 31.8. The van der Waals surface area contributed by atoms with Crippen molar-refractivity contribution in [2.24, 2.45) is 0 Å². The highest BCUT2D eigenvalue weighted by molar-refractivity contribution is 6.24. The Balaban J connectivity index is 1.11. The van der Waals surface area contributed by atoms with E-state index in [1.54, 1.807) is 0 Å². The fourth-order valence-corrected chi connectivity index (χ4v) is 9.95. The quantitative estimate of drug-likeness (QED) is 0.151. The Morgan fingerprint density at radius 2 is 0.672 bits per heavy atom. The Morgan fingerprint density at radius 3 is 1.30 bits per heavy atom. The molecule has 11 aromatic carbocycles. The van der Waals surface area contributed by atoms with Gasteiger partial charge in [-0.3, -0.25) is 0 Å². The molecule has 0 bridgehead atoms. The molecule has 0 unspecified atom stereocenters. The highest BCUT2D eigenvalue weighted by Crippen LogP contribution is 2.50. The van der Waals surface area contributed by atoms with Crippen LogP contribution in [0.1, 0.15) is 0 Å². The van der Waals surface area contributed by atoms with Gasteiger partial charge in [-0.05, 0) is 114 Å². The molecule has 0 fully saturated rings. The van der Waals surface area contributed by atoms with Gasteiger partial charge in [-0.15, -0.1) is 0 Å². The predicted octanol–water partition coefficient (Wildman–Crippen LogP) is 17.4. The number of nitrogens with zero attached hydrogens (tertiary/aromatic N) is 1. The first-order valence-electron chi connectivity index (χ1n) is 22.0. The zero-order valence-electron chi connectivity index (χ0n) is 35.1. The molecule has 0 aliphatic carbocycles. The topological polar surface area (TPSA) is 19.0 Å². The average Bonchev–Trinajstić information content (AvgIpc) is 3.76. The summed E-state index contributed by atoms with van der Waals surface area (Å²) in [5.74, 6) is 0. The maximum atomic E-state index is 3.72. The van der Waals surface area contributed by atoms with Gasteiger partial charge in [0.1, 0.15) is 0 Å². The molecule has 300 valence electrons. The second-order valence-electron chi connectivity index (χ2n) is 16.5. The van der Waals surface area contributed by atoms with Gasteiger partial charge in [0.15, 0.2) is 0 Å². The molecule has 0 atom stereocenters. The van der Waals surface area contributed by atoms with Crippen molar-refractivity contribution in [2.75, 3.05) is 4.90 Å². The SMILES string of the molecule is c1ccc(-c2ccccc2-c2c3ccccc3c(-c3ccccc3-c3ccccc3)c3cc(N(c4ccccc4)c4ccc(-c5cccc6c5[nH]c5ccccc56)cc4)ccc23)cc1. The normalized spacial score (nSPS) is 11.4. The van der Waals surface area contributed by atoms with Crippen LogP contribution in [-0.2, 0) is 0 Å². The first kappa shape index (κ1) is 37.3. The summed E-state index contributed by atoms with van der Waals surface area (Å²) in [6.45, 7) is 0. The minimum Gasteiger partial charge on any atom is -0.354 e. The van der Waals surface area contributed by atoms with E-state index in [0.717, 1.165) is 28.1 Å². The molecule has 64 heavy (non-hydrogen) atoms. The lowest BCUT2D eigenvalue weighted by atomic mass is 9.82. The lowest BCUT2D eigenvalue weighted by Gasteiger charge is -2.27. The number of H-pyrrole nitrogens is 1. The third kappa shape index (κ3) is 6.35. The fourth-order valence-electron chi connectivity index (χ4n) is 9.95. The number of benzene rings is 11. The van der Waals surface area contributed by atoms with Crippen molar-refractivity contribution in [3.05, 3.63) is 249 Å². The molecule has 0 aliphatic rings. The van der Waals surface area contributed by atoms with E-state index in [1.165, 1.54) is 88.0 Å². The molecular weight excluding hydrogens is 773 g/mol. The van der Waals surface area contributed by atoms with Crippen LogP contribution in [0.15, 0.2) is 249 Å². The molecule has 0 saturated carbocycles. The number of anilines is 3. The van der Waals surface area contributed by atoms with Crippen molar-refractivity contribution < 1.29 is 0 Å². The van der Waals surface area contributed by atoms with Crippen LogP contribution in [0, 0.1) is 0 Å². The summed E-state index contributed by atoms with van der Waals surface area (Å²) in [6.07, 6.45) is 0. The second kappa shape index (κ2) is 15.8. The lowest BCUT2D eigenvalue weighted by Crippen LogP contribution is -2.10. The van der Waals surface area contributed by atoms with Gasteiger partial charge >= 0.3 is 0 Å². The Bertz CT molecular complexity index is 3640. The van der Waals surface area contributed by atoms with E-state index in [2.05, 4.69) is 259 Å². The van der Waals surface area contributed by atoms with Crippen LogP contribution in [-0.4, -0.2) is 4.98 Å². The minimum atomic E-state index is 1.08. The molecule has 0 radical (unpaired) electrons. The number of hydrogen-bond acceptors (Lipinski definition) is 1. The summed E-state index contributed by atoms with van der Waals surface area (Å²) in [6, 6.07) is 90.4. The molecular formula is C62H42N2. The molecule has 0 amide bonds. The van der Waals surface area contributed by atoms with Gasteiger partial charge in [0.25, 0.3) is 0 Å². The second-order valence-corrected chi connectivity index (χ2v) is 16.5. The van der Waals surface area contributed by atoms with Crippen LogP contribution in [0.25, 0.3) is 99.0 Å². The molecule has 0 saturated heterocycles. The Kier molecular flexibility index (Phi) is 9.20. The average molecular weight is 815 g/mol. The van der Waals surface area contributed by atoms with E-state index in [1.807, 2.05) is 0 Å². The molecule has 1 aromatic heterocycles. The Hall–Kier alpha value is -8.46. The number of nitrogens with one attached hydrogen (secondary N) is 1.